The van der Waals surface area contributed by atoms with E-state index in [0.717, 1.165) is 22.6 Å². The van der Waals surface area contributed by atoms with Gasteiger partial charge < -0.3 is 14.8 Å². The molecule has 0 saturated carbocycles. The predicted octanol–water partition coefficient (Wildman–Crippen LogP) is 2.65. The highest BCUT2D eigenvalue weighted by molar-refractivity contribution is 5.49. The van der Waals surface area contributed by atoms with Gasteiger partial charge >= 0.3 is 0 Å². The van der Waals surface area contributed by atoms with Crippen LogP contribution in [0, 0.1) is 23.7 Å². The van der Waals surface area contributed by atoms with E-state index < -0.39 is 0 Å². The van der Waals surface area contributed by atoms with E-state index in [1.807, 2.05) is 32.9 Å². The van der Waals surface area contributed by atoms with Gasteiger partial charge in [0.25, 0.3) is 0 Å². The number of nitrogens with zero attached hydrogens (tertiary/aromatic N) is 1. The lowest BCUT2D eigenvalue weighted by atomic mass is 9.96. The molecule has 0 fully saturated rings. The average Bonchev–Trinajstić information content (AvgIpc) is 2.39. The normalized spacial score (nSPS) is 10.9. The lowest BCUT2D eigenvalue weighted by molar-refractivity contribution is 0.382. The monoisotopic (exact) mass is 262 g/mol. The summed E-state index contributed by atoms with van der Waals surface area (Å²) < 4.78 is 10.7. The molecule has 104 valence electrons. The van der Waals surface area contributed by atoms with Crippen LogP contribution in [-0.4, -0.2) is 20.8 Å². The largest absolute Gasteiger partial charge is 0.496 e. The van der Waals surface area contributed by atoms with Crippen LogP contribution in [0.25, 0.3) is 0 Å². The van der Waals surface area contributed by atoms with Crippen LogP contribution < -0.4 is 14.8 Å². The molecule has 1 rings (SSSR count). The van der Waals surface area contributed by atoms with Gasteiger partial charge in [-0.3, -0.25) is 0 Å². The van der Waals surface area contributed by atoms with Gasteiger partial charge in [0.2, 0.25) is 0 Å². The number of rotatable bonds is 6. The van der Waals surface area contributed by atoms with Crippen LogP contribution in [0.5, 0.6) is 11.5 Å². The highest BCUT2D eigenvalue weighted by Gasteiger charge is 2.16. The number of benzene rings is 1. The Balaban J connectivity index is 2.80. The molecule has 0 atom stereocenters. The van der Waals surface area contributed by atoms with Crippen molar-refractivity contribution in [1.82, 2.24) is 5.32 Å². The van der Waals surface area contributed by atoms with E-state index in [-0.39, 0.29) is 5.41 Å². The molecule has 0 spiro atoms. The smallest absolute Gasteiger partial charge is 0.129 e. The van der Waals surface area contributed by atoms with Gasteiger partial charge in [-0.1, -0.05) is 6.07 Å². The van der Waals surface area contributed by atoms with Crippen LogP contribution in [0.3, 0.4) is 0 Å². The summed E-state index contributed by atoms with van der Waals surface area (Å²) in [5, 5.41) is 12.3. The number of hydrogen-bond acceptors (Lipinski definition) is 4. The quantitative estimate of drug-likeness (QED) is 0.856. The van der Waals surface area contributed by atoms with E-state index in [1.165, 1.54) is 0 Å². The number of ether oxygens (including phenoxy) is 2. The number of nitriles is 1. The van der Waals surface area contributed by atoms with Gasteiger partial charge in [0.1, 0.15) is 11.5 Å². The molecule has 0 saturated heterocycles. The molecular formula is C15H22N2O2. The van der Waals surface area contributed by atoms with Crippen molar-refractivity contribution in [3.8, 4) is 17.6 Å². The van der Waals surface area contributed by atoms with E-state index >= 15 is 0 Å². The van der Waals surface area contributed by atoms with E-state index in [0.29, 0.717) is 13.1 Å². The van der Waals surface area contributed by atoms with Crippen LogP contribution in [-0.2, 0) is 6.54 Å². The standard InChI is InChI=1S/C15H22N2O2/c1-11-13(18-4)7-6-12(14(11)19-5)8-17-10-15(2,3)9-16/h6-7,17H,8,10H2,1-5H3. The first-order valence-corrected chi connectivity index (χ1v) is 6.27. The zero-order valence-corrected chi connectivity index (χ0v) is 12.3. The van der Waals surface area contributed by atoms with Crippen LogP contribution in [0.4, 0.5) is 0 Å². The summed E-state index contributed by atoms with van der Waals surface area (Å²) >= 11 is 0. The molecule has 0 aliphatic carbocycles. The van der Waals surface area contributed by atoms with Crippen molar-refractivity contribution in [2.75, 3.05) is 20.8 Å². The fourth-order valence-corrected chi connectivity index (χ4v) is 1.92. The molecular weight excluding hydrogens is 240 g/mol. The summed E-state index contributed by atoms with van der Waals surface area (Å²) in [5.41, 5.74) is 1.69. The summed E-state index contributed by atoms with van der Waals surface area (Å²) in [6.45, 7) is 7.10. The molecule has 0 bridgehead atoms. The molecule has 0 aliphatic rings. The molecule has 0 aliphatic heterocycles. The zero-order valence-electron chi connectivity index (χ0n) is 12.3. The minimum absolute atomic E-state index is 0.366. The van der Waals surface area contributed by atoms with Gasteiger partial charge in [0.05, 0.1) is 25.7 Å². The van der Waals surface area contributed by atoms with Gasteiger partial charge in [0.15, 0.2) is 0 Å². The Labute approximate surface area is 115 Å². The van der Waals surface area contributed by atoms with E-state index in [1.54, 1.807) is 14.2 Å². The van der Waals surface area contributed by atoms with Gasteiger partial charge in [-0.2, -0.15) is 5.26 Å². The molecule has 0 radical (unpaired) electrons. The first kappa shape index (κ1) is 15.3. The minimum Gasteiger partial charge on any atom is -0.496 e. The van der Waals surface area contributed by atoms with Gasteiger partial charge in [-0.05, 0) is 26.8 Å². The summed E-state index contributed by atoms with van der Waals surface area (Å²) in [6, 6.07) is 6.19. The van der Waals surface area contributed by atoms with E-state index in [9.17, 15) is 0 Å². The first-order chi connectivity index (χ1) is 8.95. The Morgan fingerprint density at radius 1 is 1.26 bits per heavy atom. The molecule has 1 aromatic carbocycles. The first-order valence-electron chi connectivity index (χ1n) is 6.27. The molecule has 4 nitrogen and oxygen atoms in total. The van der Waals surface area contributed by atoms with Crippen molar-refractivity contribution in [2.45, 2.75) is 27.3 Å². The molecule has 0 aromatic heterocycles. The topological polar surface area (TPSA) is 54.3 Å². The van der Waals surface area contributed by atoms with Crippen molar-refractivity contribution in [1.29, 1.82) is 5.26 Å². The molecule has 0 heterocycles. The fraction of sp³-hybridized carbons (Fsp3) is 0.533. The molecule has 1 N–H and O–H groups in total. The third kappa shape index (κ3) is 3.87. The zero-order chi connectivity index (χ0) is 14.5. The maximum Gasteiger partial charge on any atom is 0.129 e. The molecule has 4 heteroatoms. The van der Waals surface area contributed by atoms with Crippen LogP contribution in [0.1, 0.15) is 25.0 Å². The van der Waals surface area contributed by atoms with Crippen LogP contribution >= 0.6 is 0 Å². The van der Waals surface area contributed by atoms with Gasteiger partial charge in [-0.15, -0.1) is 0 Å². The van der Waals surface area contributed by atoms with Gasteiger partial charge in [-0.25, -0.2) is 0 Å². The predicted molar refractivity (Wildman–Crippen MR) is 75.4 cm³/mol. The van der Waals surface area contributed by atoms with E-state index in [2.05, 4.69) is 11.4 Å². The lowest BCUT2D eigenvalue weighted by Crippen LogP contribution is -2.27. The molecule has 1 aromatic rings. The Bertz CT molecular complexity index is 476. The number of nitrogens with one attached hydrogen (secondary N) is 1. The fourth-order valence-electron chi connectivity index (χ4n) is 1.92. The van der Waals surface area contributed by atoms with Crippen molar-refractivity contribution in [3.05, 3.63) is 23.3 Å². The molecule has 0 amide bonds. The highest BCUT2D eigenvalue weighted by Crippen LogP contribution is 2.31. The Kier molecular flexibility index (Phi) is 5.20. The third-order valence-electron chi connectivity index (χ3n) is 3.05. The number of hydrogen-bond donors (Lipinski definition) is 1. The minimum atomic E-state index is -0.366. The maximum absolute atomic E-state index is 8.97. The molecule has 0 unspecified atom stereocenters. The van der Waals surface area contributed by atoms with Crippen molar-refractivity contribution < 1.29 is 9.47 Å². The Morgan fingerprint density at radius 3 is 2.47 bits per heavy atom. The highest BCUT2D eigenvalue weighted by atomic mass is 16.5. The Hall–Kier alpha value is -1.73. The van der Waals surface area contributed by atoms with E-state index in [4.69, 9.17) is 14.7 Å². The summed E-state index contributed by atoms with van der Waals surface area (Å²) in [5.74, 6) is 1.65. The van der Waals surface area contributed by atoms with Crippen molar-refractivity contribution >= 4 is 0 Å². The Morgan fingerprint density at radius 2 is 1.95 bits per heavy atom. The second-order valence-corrected chi connectivity index (χ2v) is 5.18. The maximum atomic E-state index is 8.97. The average molecular weight is 262 g/mol. The van der Waals surface area contributed by atoms with Crippen LogP contribution in [0.15, 0.2) is 12.1 Å². The van der Waals surface area contributed by atoms with Crippen molar-refractivity contribution in [3.63, 3.8) is 0 Å². The summed E-state index contributed by atoms with van der Waals surface area (Å²) in [4.78, 5) is 0. The number of methoxy groups -OCH3 is 2. The van der Waals surface area contributed by atoms with Gasteiger partial charge in [0, 0.05) is 24.2 Å². The second-order valence-electron chi connectivity index (χ2n) is 5.18. The van der Waals surface area contributed by atoms with Crippen LogP contribution in [0.2, 0.25) is 0 Å². The summed E-state index contributed by atoms with van der Waals surface area (Å²) in [6.07, 6.45) is 0. The second kappa shape index (κ2) is 6.44. The summed E-state index contributed by atoms with van der Waals surface area (Å²) in [7, 11) is 3.31. The molecule has 19 heavy (non-hydrogen) atoms. The third-order valence-corrected chi connectivity index (χ3v) is 3.05. The lowest BCUT2D eigenvalue weighted by Gasteiger charge is -2.18. The van der Waals surface area contributed by atoms with Crippen molar-refractivity contribution in [2.24, 2.45) is 5.41 Å². The SMILES string of the molecule is COc1ccc(CNCC(C)(C)C#N)c(OC)c1C.